The number of hydrogen-bond donors (Lipinski definition) is 3. The van der Waals surface area contributed by atoms with Gasteiger partial charge in [0.15, 0.2) is 0 Å². The number of carbonyl (C=O) groups excluding carboxylic acids is 1. The van der Waals surface area contributed by atoms with Crippen molar-refractivity contribution in [2.45, 2.75) is 18.2 Å². The van der Waals surface area contributed by atoms with E-state index in [2.05, 4.69) is 10.6 Å². The number of alkyl halides is 3. The Hall–Kier alpha value is -1.60. The van der Waals surface area contributed by atoms with Crippen LogP contribution in [0.3, 0.4) is 0 Å². The molecule has 0 saturated carbocycles. The molecule has 0 bridgehead atoms. The minimum Gasteiger partial charge on any atom is -0.387 e. The largest absolute Gasteiger partial charge is 0.416 e. The molecule has 1 unspecified atom stereocenters. The van der Waals surface area contributed by atoms with Gasteiger partial charge in [0.25, 0.3) is 5.91 Å². The molecule has 0 aromatic heterocycles. The van der Waals surface area contributed by atoms with Crippen molar-refractivity contribution in [2.75, 3.05) is 19.6 Å². The fourth-order valence-corrected chi connectivity index (χ4v) is 2.04. The molecule has 0 aliphatic carbocycles. The lowest BCUT2D eigenvalue weighted by Crippen LogP contribution is -2.44. The van der Waals surface area contributed by atoms with E-state index >= 15 is 0 Å². The normalized spacial score (nSPS) is 22.8. The molecule has 1 aromatic rings. The third kappa shape index (κ3) is 3.49. The molecular weight excluding hydrogens is 273 g/mol. The van der Waals surface area contributed by atoms with Crippen molar-refractivity contribution in [1.29, 1.82) is 0 Å². The SMILES string of the molecule is O=C(NCC1(O)CCNC1)c1ccc(C(F)(F)F)cc1. The zero-order valence-corrected chi connectivity index (χ0v) is 10.6. The summed E-state index contributed by atoms with van der Waals surface area (Å²) in [4.78, 5) is 11.8. The zero-order valence-electron chi connectivity index (χ0n) is 10.6. The highest BCUT2D eigenvalue weighted by molar-refractivity contribution is 5.94. The summed E-state index contributed by atoms with van der Waals surface area (Å²) in [5.74, 6) is -0.501. The van der Waals surface area contributed by atoms with E-state index in [9.17, 15) is 23.1 Å². The first-order valence-corrected chi connectivity index (χ1v) is 6.19. The predicted molar refractivity (Wildman–Crippen MR) is 66.2 cm³/mol. The summed E-state index contributed by atoms with van der Waals surface area (Å²) >= 11 is 0. The fourth-order valence-electron chi connectivity index (χ4n) is 2.04. The van der Waals surface area contributed by atoms with Gasteiger partial charge >= 0.3 is 6.18 Å². The van der Waals surface area contributed by atoms with Crippen molar-refractivity contribution in [3.05, 3.63) is 35.4 Å². The van der Waals surface area contributed by atoms with Crippen LogP contribution in [-0.2, 0) is 6.18 Å². The van der Waals surface area contributed by atoms with Crippen molar-refractivity contribution < 1.29 is 23.1 Å². The molecule has 7 heteroatoms. The molecule has 4 nitrogen and oxygen atoms in total. The summed E-state index contributed by atoms with van der Waals surface area (Å²) in [6.45, 7) is 1.13. The second-order valence-electron chi connectivity index (χ2n) is 4.91. The van der Waals surface area contributed by atoms with Gasteiger partial charge in [0.1, 0.15) is 0 Å². The van der Waals surface area contributed by atoms with Gasteiger partial charge < -0.3 is 15.7 Å². The molecule has 1 saturated heterocycles. The standard InChI is InChI=1S/C13H15F3N2O2/c14-13(15,16)10-3-1-9(2-4-10)11(19)18-8-12(20)5-6-17-7-12/h1-4,17,20H,5-8H2,(H,18,19). The van der Waals surface area contributed by atoms with E-state index in [4.69, 9.17) is 0 Å². The van der Waals surface area contributed by atoms with Gasteiger partial charge in [0.2, 0.25) is 0 Å². The lowest BCUT2D eigenvalue weighted by atomic mass is 10.0. The monoisotopic (exact) mass is 288 g/mol. The van der Waals surface area contributed by atoms with Crippen LogP contribution in [0.4, 0.5) is 13.2 Å². The molecule has 20 heavy (non-hydrogen) atoms. The summed E-state index contributed by atoms with van der Waals surface area (Å²) in [6, 6.07) is 3.96. The van der Waals surface area contributed by atoms with E-state index in [0.717, 1.165) is 24.3 Å². The Labute approximate surface area is 114 Å². The maximum atomic E-state index is 12.4. The first kappa shape index (κ1) is 14.8. The van der Waals surface area contributed by atoms with Gasteiger partial charge in [-0.25, -0.2) is 0 Å². The van der Waals surface area contributed by atoms with Gasteiger partial charge in [-0.2, -0.15) is 13.2 Å². The molecule has 1 aliphatic heterocycles. The summed E-state index contributed by atoms with van der Waals surface area (Å²) in [5.41, 5.74) is -1.65. The second kappa shape index (κ2) is 5.41. The first-order valence-electron chi connectivity index (χ1n) is 6.19. The lowest BCUT2D eigenvalue weighted by molar-refractivity contribution is -0.137. The predicted octanol–water partition coefficient (Wildman–Crippen LogP) is 1.16. The molecule has 1 atom stereocenters. The highest BCUT2D eigenvalue weighted by atomic mass is 19.4. The van der Waals surface area contributed by atoms with Crippen molar-refractivity contribution in [3.8, 4) is 0 Å². The van der Waals surface area contributed by atoms with Crippen LogP contribution in [0.25, 0.3) is 0 Å². The number of carbonyl (C=O) groups is 1. The van der Waals surface area contributed by atoms with E-state index in [0.29, 0.717) is 19.5 Å². The van der Waals surface area contributed by atoms with Gasteiger partial charge in [-0.1, -0.05) is 0 Å². The van der Waals surface area contributed by atoms with Crippen LogP contribution in [-0.4, -0.2) is 36.2 Å². The molecule has 1 heterocycles. The number of hydrogen-bond acceptors (Lipinski definition) is 3. The summed E-state index contributed by atoms with van der Waals surface area (Å²) in [5, 5.41) is 15.5. The Bertz CT molecular complexity index is 479. The minimum absolute atomic E-state index is 0.0693. The number of nitrogens with one attached hydrogen (secondary N) is 2. The summed E-state index contributed by atoms with van der Waals surface area (Å²) in [6.07, 6.45) is -3.89. The van der Waals surface area contributed by atoms with Crippen LogP contribution in [0.1, 0.15) is 22.3 Å². The molecule has 1 aliphatic rings. The van der Waals surface area contributed by atoms with Crippen molar-refractivity contribution >= 4 is 5.91 Å². The fraction of sp³-hybridized carbons (Fsp3) is 0.462. The van der Waals surface area contributed by atoms with E-state index in [-0.39, 0.29) is 12.1 Å². The van der Waals surface area contributed by atoms with E-state index in [1.165, 1.54) is 0 Å². The molecule has 1 fully saturated rings. The van der Waals surface area contributed by atoms with Crippen LogP contribution in [0.5, 0.6) is 0 Å². The summed E-state index contributed by atoms with van der Waals surface area (Å²) in [7, 11) is 0. The van der Waals surface area contributed by atoms with Gasteiger partial charge in [-0.15, -0.1) is 0 Å². The number of rotatable bonds is 3. The van der Waals surface area contributed by atoms with Gasteiger partial charge in [0, 0.05) is 18.7 Å². The smallest absolute Gasteiger partial charge is 0.387 e. The molecule has 1 amide bonds. The number of β-amino-alcohol motifs (C(OH)–C–C–N with tert-alkyl or cyclic N) is 1. The highest BCUT2D eigenvalue weighted by Crippen LogP contribution is 2.29. The number of halogens is 3. The Kier molecular flexibility index (Phi) is 4.01. The first-order chi connectivity index (χ1) is 9.30. The van der Waals surface area contributed by atoms with Crippen molar-refractivity contribution in [3.63, 3.8) is 0 Å². The van der Waals surface area contributed by atoms with E-state index in [1.54, 1.807) is 0 Å². The Morgan fingerprint density at radius 2 is 2.00 bits per heavy atom. The highest BCUT2D eigenvalue weighted by Gasteiger charge is 2.32. The summed E-state index contributed by atoms with van der Waals surface area (Å²) < 4.78 is 37.1. The van der Waals surface area contributed by atoms with Crippen LogP contribution < -0.4 is 10.6 Å². The third-order valence-electron chi connectivity index (χ3n) is 3.27. The molecule has 3 N–H and O–H groups in total. The number of aliphatic hydroxyl groups is 1. The van der Waals surface area contributed by atoms with Crippen molar-refractivity contribution in [2.24, 2.45) is 0 Å². The Morgan fingerprint density at radius 1 is 1.35 bits per heavy atom. The van der Waals surface area contributed by atoms with Crippen LogP contribution >= 0.6 is 0 Å². The minimum atomic E-state index is -4.42. The van der Waals surface area contributed by atoms with Gasteiger partial charge in [0.05, 0.1) is 11.2 Å². The Balaban J connectivity index is 1.96. The zero-order chi connectivity index (χ0) is 14.8. The lowest BCUT2D eigenvalue weighted by Gasteiger charge is -2.21. The number of amides is 1. The molecule has 2 rings (SSSR count). The molecule has 1 aromatic carbocycles. The Morgan fingerprint density at radius 3 is 2.50 bits per heavy atom. The topological polar surface area (TPSA) is 61.4 Å². The van der Waals surface area contributed by atoms with Crippen LogP contribution in [0.2, 0.25) is 0 Å². The third-order valence-corrected chi connectivity index (χ3v) is 3.27. The molecule has 0 spiro atoms. The molecular formula is C13H15F3N2O2. The van der Waals surface area contributed by atoms with Gasteiger partial charge in [-0.05, 0) is 37.2 Å². The molecule has 0 radical (unpaired) electrons. The van der Waals surface area contributed by atoms with Crippen LogP contribution in [0.15, 0.2) is 24.3 Å². The quantitative estimate of drug-likeness (QED) is 0.782. The maximum Gasteiger partial charge on any atom is 0.416 e. The maximum absolute atomic E-state index is 12.4. The average Bonchev–Trinajstić information content (AvgIpc) is 2.83. The van der Waals surface area contributed by atoms with Crippen molar-refractivity contribution in [1.82, 2.24) is 10.6 Å². The van der Waals surface area contributed by atoms with Gasteiger partial charge in [-0.3, -0.25) is 4.79 Å². The average molecular weight is 288 g/mol. The molecule has 110 valence electrons. The van der Waals surface area contributed by atoms with E-state index in [1.807, 2.05) is 0 Å². The van der Waals surface area contributed by atoms with E-state index < -0.39 is 23.2 Å². The van der Waals surface area contributed by atoms with Crippen LogP contribution in [0, 0.1) is 0 Å². The number of benzene rings is 1. The second-order valence-corrected chi connectivity index (χ2v) is 4.91.